The molecule has 7 rings (SSSR count). The third kappa shape index (κ3) is 4.40. The van der Waals surface area contributed by atoms with Gasteiger partial charge in [-0.1, -0.05) is 60.2 Å². The van der Waals surface area contributed by atoms with Crippen LogP contribution in [0.1, 0.15) is 11.1 Å². The standard InChI is InChI=1S/C23H12NO2S.C5H5NO3S.Ir/c25-27(26)21-7-2-1-5-17(21)18-12-15(10-11-22(18)27)20-13-16-9-8-14-4-3-6-19(24-20)23(14)16;7-10(8,9)5-3-1-2-4-6-5;/h1-9,11-13H;1-4H,(H,7,8,9);/q-1;;. The van der Waals surface area contributed by atoms with Crippen molar-refractivity contribution >= 4 is 43.0 Å². The van der Waals surface area contributed by atoms with Gasteiger partial charge in [0.2, 0.25) is 0 Å². The van der Waals surface area contributed by atoms with Crippen molar-refractivity contribution in [2.75, 3.05) is 0 Å². The molecule has 1 aliphatic heterocycles. The van der Waals surface area contributed by atoms with Crippen LogP contribution in [0.3, 0.4) is 0 Å². The first kappa shape index (κ1) is 26.1. The minimum absolute atomic E-state index is 0. The molecule has 0 amide bonds. The molecule has 3 aromatic carbocycles. The van der Waals surface area contributed by atoms with E-state index in [-0.39, 0.29) is 25.1 Å². The Labute approximate surface area is 232 Å². The Morgan fingerprint density at radius 3 is 2.32 bits per heavy atom. The van der Waals surface area contributed by atoms with Crippen LogP contribution >= 0.6 is 0 Å². The fraction of sp³-hybridized carbons (Fsp3) is 0. The zero-order valence-corrected chi connectivity index (χ0v) is 23.4. The summed E-state index contributed by atoms with van der Waals surface area (Å²) in [6, 6.07) is 26.1. The Morgan fingerprint density at radius 2 is 1.58 bits per heavy atom. The molecule has 5 aromatic rings. The number of hydrogen-bond acceptors (Lipinski definition) is 6. The third-order valence-electron chi connectivity index (χ3n) is 6.19. The van der Waals surface area contributed by atoms with E-state index in [1.165, 1.54) is 23.9 Å². The number of aromatic nitrogens is 2. The predicted molar refractivity (Wildman–Crippen MR) is 140 cm³/mol. The number of sulfone groups is 1. The fourth-order valence-corrected chi connectivity index (χ4v) is 6.61. The van der Waals surface area contributed by atoms with Gasteiger partial charge in [-0.15, -0.1) is 23.8 Å². The summed E-state index contributed by atoms with van der Waals surface area (Å²) >= 11 is 0. The van der Waals surface area contributed by atoms with Crippen LogP contribution in [0.2, 0.25) is 0 Å². The molecule has 0 unspecified atom stereocenters. The van der Waals surface area contributed by atoms with E-state index in [2.05, 4.69) is 29.3 Å². The van der Waals surface area contributed by atoms with Gasteiger partial charge in [0.15, 0.2) is 14.9 Å². The van der Waals surface area contributed by atoms with E-state index in [1.54, 1.807) is 24.3 Å². The Hall–Kier alpha value is -3.53. The van der Waals surface area contributed by atoms with Gasteiger partial charge in [0, 0.05) is 31.7 Å². The van der Waals surface area contributed by atoms with E-state index < -0.39 is 20.0 Å². The van der Waals surface area contributed by atoms with Gasteiger partial charge in [-0.2, -0.15) is 8.42 Å². The zero-order valence-electron chi connectivity index (χ0n) is 19.4. The minimum atomic E-state index is -4.11. The van der Waals surface area contributed by atoms with Crippen LogP contribution in [0.5, 0.6) is 0 Å². The smallest absolute Gasteiger partial charge is 0.296 e. The third-order valence-corrected chi connectivity index (χ3v) is 8.81. The van der Waals surface area contributed by atoms with Gasteiger partial charge in [0.25, 0.3) is 0 Å². The predicted octanol–water partition coefficient (Wildman–Crippen LogP) is 5.32. The van der Waals surface area contributed by atoms with Gasteiger partial charge in [0.05, 0.1) is 10.4 Å². The quantitative estimate of drug-likeness (QED) is 0.190. The topological polar surface area (TPSA) is 114 Å². The molecule has 7 nitrogen and oxygen atoms in total. The minimum Gasteiger partial charge on any atom is -0.296 e. The summed E-state index contributed by atoms with van der Waals surface area (Å²) in [5, 5.41) is 0.838. The molecule has 1 N–H and O–H groups in total. The van der Waals surface area contributed by atoms with E-state index in [9.17, 15) is 16.8 Å². The molecule has 0 spiro atoms. The van der Waals surface area contributed by atoms with Crippen LogP contribution in [0.4, 0.5) is 0 Å². The zero-order chi connectivity index (χ0) is 25.8. The van der Waals surface area contributed by atoms with Crippen LogP contribution in [0.15, 0.2) is 99.9 Å². The van der Waals surface area contributed by atoms with E-state index in [4.69, 9.17) is 9.54 Å². The van der Waals surface area contributed by atoms with E-state index in [0.717, 1.165) is 38.9 Å². The maximum absolute atomic E-state index is 12.8. The van der Waals surface area contributed by atoms with Gasteiger partial charge in [-0.25, -0.2) is 13.4 Å². The molecule has 10 heteroatoms. The molecule has 2 aromatic heterocycles. The summed E-state index contributed by atoms with van der Waals surface area (Å²) in [6.07, 6.45) is 5.48. The van der Waals surface area contributed by atoms with Crippen molar-refractivity contribution in [1.29, 1.82) is 0 Å². The molecular weight excluding hydrogens is 701 g/mol. The Balaban J connectivity index is 0.000000229. The molecular formula is C28H17IrN2O5S2-. The van der Waals surface area contributed by atoms with Gasteiger partial charge >= 0.3 is 10.1 Å². The van der Waals surface area contributed by atoms with Crippen LogP contribution in [-0.2, 0) is 40.1 Å². The summed E-state index contributed by atoms with van der Waals surface area (Å²) in [4.78, 5) is 8.90. The summed E-state index contributed by atoms with van der Waals surface area (Å²) in [5.74, 6) is 0. The number of benzene rings is 3. The summed E-state index contributed by atoms with van der Waals surface area (Å²) in [6.45, 7) is 0. The molecule has 191 valence electrons. The Kier molecular flexibility index (Phi) is 6.63. The van der Waals surface area contributed by atoms with Crippen molar-refractivity contribution < 1.29 is 41.5 Å². The molecule has 0 saturated carbocycles. The number of hydrogen-bond donors (Lipinski definition) is 1. The van der Waals surface area contributed by atoms with Crippen LogP contribution in [-0.4, -0.2) is 31.4 Å². The fourth-order valence-electron chi connectivity index (χ4n) is 4.54. The molecule has 0 bridgehead atoms. The summed E-state index contributed by atoms with van der Waals surface area (Å²) in [5.41, 5.74) is 6.31. The average Bonchev–Trinajstić information content (AvgIpc) is 3.42. The summed E-state index contributed by atoms with van der Waals surface area (Å²) in [7, 11) is -7.58. The van der Waals surface area contributed by atoms with Crippen LogP contribution in [0.25, 0.3) is 45.4 Å². The van der Waals surface area contributed by atoms with Crippen molar-refractivity contribution in [1.82, 2.24) is 9.97 Å². The molecule has 1 aliphatic carbocycles. The van der Waals surface area contributed by atoms with Crippen molar-refractivity contribution in [3.05, 3.63) is 102 Å². The van der Waals surface area contributed by atoms with Gasteiger partial charge < -0.3 is 0 Å². The van der Waals surface area contributed by atoms with Gasteiger partial charge in [-0.05, 0) is 51.5 Å². The molecule has 38 heavy (non-hydrogen) atoms. The number of rotatable bonds is 2. The van der Waals surface area contributed by atoms with Crippen molar-refractivity contribution in [2.45, 2.75) is 14.8 Å². The Bertz CT molecular complexity index is 1970. The molecule has 0 saturated heterocycles. The maximum atomic E-state index is 12.8. The van der Waals surface area contributed by atoms with Crippen LogP contribution < -0.4 is 0 Å². The first-order valence-corrected chi connectivity index (χ1v) is 14.1. The van der Waals surface area contributed by atoms with Gasteiger partial charge in [-0.3, -0.25) is 9.54 Å². The van der Waals surface area contributed by atoms with E-state index in [0.29, 0.717) is 9.79 Å². The van der Waals surface area contributed by atoms with E-state index >= 15 is 0 Å². The summed E-state index contributed by atoms with van der Waals surface area (Å²) < 4.78 is 54.6. The molecule has 0 fully saturated rings. The number of pyridine rings is 2. The second-order valence-electron chi connectivity index (χ2n) is 8.44. The molecule has 3 heterocycles. The van der Waals surface area contributed by atoms with Crippen molar-refractivity contribution in [2.24, 2.45) is 0 Å². The van der Waals surface area contributed by atoms with E-state index in [1.807, 2.05) is 36.4 Å². The largest absolute Gasteiger partial charge is 0.312 e. The first-order chi connectivity index (χ1) is 17.7. The first-order valence-electron chi connectivity index (χ1n) is 11.1. The monoisotopic (exact) mass is 718 g/mol. The van der Waals surface area contributed by atoms with Crippen molar-refractivity contribution in [3.8, 4) is 22.4 Å². The van der Waals surface area contributed by atoms with Gasteiger partial charge in [0.1, 0.15) is 0 Å². The molecule has 2 aliphatic rings. The second kappa shape index (κ2) is 9.65. The Morgan fingerprint density at radius 1 is 0.816 bits per heavy atom. The average molecular weight is 718 g/mol. The number of nitrogens with zero attached hydrogens (tertiary/aromatic N) is 2. The van der Waals surface area contributed by atoms with Crippen molar-refractivity contribution in [3.63, 3.8) is 0 Å². The maximum Gasteiger partial charge on any atom is 0.312 e. The molecule has 1 radical (unpaired) electrons. The second-order valence-corrected chi connectivity index (χ2v) is 11.7. The SMILES string of the molecule is O=S(=O)(O)c1ccccn1.O=S1(=O)c2c[c-]c(-c3cc4c5c(cccc5n3)C=C4)cc2-c2ccccc21.[Ir]. The van der Waals surface area contributed by atoms with Crippen LogP contribution in [0, 0.1) is 6.07 Å². The normalized spacial score (nSPS) is 13.7. The number of fused-ring (bicyclic) bond motifs is 3. The molecule has 0 atom stereocenters.